The molecule has 3 aromatic carbocycles. The van der Waals surface area contributed by atoms with Gasteiger partial charge in [-0.2, -0.15) is 0 Å². The number of ether oxygens (including phenoxy) is 1. The lowest BCUT2D eigenvalue weighted by Gasteiger charge is -2.22. The molecule has 1 amide bonds. The van der Waals surface area contributed by atoms with Gasteiger partial charge in [0.2, 0.25) is 5.91 Å². The maximum absolute atomic E-state index is 13.2. The number of carbonyl (C=O) groups excluding carboxylic acids is 1. The van der Waals surface area contributed by atoms with Gasteiger partial charge in [-0.3, -0.25) is 9.59 Å². The molecule has 0 bridgehead atoms. The highest BCUT2D eigenvalue weighted by atomic mass is 35.5. The van der Waals surface area contributed by atoms with Crippen LogP contribution in [0.25, 0.3) is 22.5 Å². The standard InChI is InChI=1S/C40H47ClN4O4S/c1-5-6-7-8-9-22-49-32-18-19-33(34(41)24-32)30-25-43-37(44-26-30)28-12-10-27(11-13-28)23-35(38(48)42-21-20-36(46)47)45-39(50)29-14-16-31(17-15-29)40(2,3)4/h10-19,24-26,35H,5-9,20-23H2,1-4H3,(H,42,48)(H,45,50)(H,46,47). The monoisotopic (exact) mass is 714 g/mol. The number of thiocarbonyl (C=S) groups is 1. The van der Waals surface area contributed by atoms with Crippen molar-refractivity contribution in [2.75, 3.05) is 13.2 Å². The summed E-state index contributed by atoms with van der Waals surface area (Å²) in [4.78, 5) is 33.8. The minimum absolute atomic E-state index is 0.00180. The molecule has 0 aliphatic rings. The number of hydrogen-bond acceptors (Lipinski definition) is 6. The fourth-order valence-electron chi connectivity index (χ4n) is 5.35. The minimum Gasteiger partial charge on any atom is -0.494 e. The zero-order valence-corrected chi connectivity index (χ0v) is 30.9. The summed E-state index contributed by atoms with van der Waals surface area (Å²) >= 11 is 12.3. The summed E-state index contributed by atoms with van der Waals surface area (Å²) in [6, 6.07) is 20.6. The number of hydrogen-bond donors (Lipinski definition) is 3. The number of aliphatic carboxylic acids is 1. The van der Waals surface area contributed by atoms with Crippen molar-refractivity contribution in [3.05, 3.63) is 101 Å². The molecule has 50 heavy (non-hydrogen) atoms. The van der Waals surface area contributed by atoms with E-state index in [0.29, 0.717) is 28.9 Å². The lowest BCUT2D eigenvalue weighted by molar-refractivity contribution is -0.137. The van der Waals surface area contributed by atoms with E-state index < -0.39 is 12.0 Å². The number of halogens is 1. The Morgan fingerprint density at radius 1 is 0.920 bits per heavy atom. The van der Waals surface area contributed by atoms with Gasteiger partial charge in [-0.25, -0.2) is 9.97 Å². The van der Waals surface area contributed by atoms with Crippen LogP contribution in [0.15, 0.2) is 79.1 Å². The molecule has 1 heterocycles. The van der Waals surface area contributed by atoms with Gasteiger partial charge in [0.25, 0.3) is 0 Å². The maximum Gasteiger partial charge on any atom is 0.305 e. The molecule has 0 aliphatic carbocycles. The van der Waals surface area contributed by atoms with Gasteiger partial charge in [0, 0.05) is 47.6 Å². The molecule has 0 fully saturated rings. The largest absolute Gasteiger partial charge is 0.494 e. The van der Waals surface area contributed by atoms with E-state index in [1.807, 2.05) is 66.7 Å². The Labute approximate surface area is 306 Å². The maximum atomic E-state index is 13.2. The first-order valence-corrected chi connectivity index (χ1v) is 18.0. The average Bonchev–Trinajstić information content (AvgIpc) is 3.09. The van der Waals surface area contributed by atoms with E-state index in [4.69, 9.17) is 33.7 Å². The van der Waals surface area contributed by atoms with Crippen molar-refractivity contribution >= 4 is 40.7 Å². The highest BCUT2D eigenvalue weighted by Crippen LogP contribution is 2.31. The average molecular weight is 715 g/mol. The molecule has 10 heteroatoms. The predicted molar refractivity (Wildman–Crippen MR) is 205 cm³/mol. The van der Waals surface area contributed by atoms with Crippen molar-refractivity contribution in [1.29, 1.82) is 0 Å². The van der Waals surface area contributed by atoms with Crippen LogP contribution in [-0.2, 0) is 21.4 Å². The van der Waals surface area contributed by atoms with Crippen molar-refractivity contribution < 1.29 is 19.4 Å². The Bertz CT molecular complexity index is 1720. The molecule has 4 aromatic rings. The SMILES string of the molecule is CCCCCCCOc1ccc(-c2cnc(-c3ccc(CC(NC(=S)c4ccc(C(C)(C)C)cc4)C(=O)NCCC(=O)O)cc3)nc2)c(Cl)c1. The van der Waals surface area contributed by atoms with Crippen LogP contribution < -0.4 is 15.4 Å². The molecule has 4 rings (SSSR count). The number of nitrogens with zero attached hydrogens (tertiary/aromatic N) is 2. The number of aromatic nitrogens is 2. The minimum atomic E-state index is -0.982. The summed E-state index contributed by atoms with van der Waals surface area (Å²) in [5.41, 5.74) is 5.31. The third-order valence-corrected chi connectivity index (χ3v) is 9.01. The molecule has 0 spiro atoms. The van der Waals surface area contributed by atoms with Crippen LogP contribution in [-0.4, -0.2) is 51.1 Å². The van der Waals surface area contributed by atoms with E-state index in [1.54, 1.807) is 12.4 Å². The van der Waals surface area contributed by atoms with Crippen LogP contribution in [0.1, 0.15) is 82.9 Å². The normalized spacial score (nSPS) is 11.9. The molecular weight excluding hydrogens is 668 g/mol. The number of rotatable bonds is 17. The molecule has 0 saturated heterocycles. The Morgan fingerprint density at radius 2 is 1.60 bits per heavy atom. The molecule has 3 N–H and O–H groups in total. The van der Waals surface area contributed by atoms with Crippen molar-refractivity contribution in [2.24, 2.45) is 0 Å². The fourth-order valence-corrected chi connectivity index (χ4v) is 5.90. The van der Waals surface area contributed by atoms with Gasteiger partial charge in [0.15, 0.2) is 5.82 Å². The Hall–Kier alpha value is -4.34. The van der Waals surface area contributed by atoms with Crippen LogP contribution in [0, 0.1) is 0 Å². The van der Waals surface area contributed by atoms with Gasteiger partial charge in [-0.05, 0) is 41.2 Å². The van der Waals surface area contributed by atoms with Crippen molar-refractivity contribution in [1.82, 2.24) is 20.6 Å². The number of benzene rings is 3. The number of nitrogens with one attached hydrogen (secondary N) is 2. The Kier molecular flexibility index (Phi) is 14.3. The van der Waals surface area contributed by atoms with E-state index in [2.05, 4.69) is 48.3 Å². The second-order valence-corrected chi connectivity index (χ2v) is 14.2. The summed E-state index contributed by atoms with van der Waals surface area (Å²) in [6.45, 7) is 9.33. The fraction of sp³-hybridized carbons (Fsp3) is 0.375. The smallest absolute Gasteiger partial charge is 0.305 e. The van der Waals surface area contributed by atoms with Crippen LogP contribution in [0.4, 0.5) is 0 Å². The van der Waals surface area contributed by atoms with Gasteiger partial charge in [0.1, 0.15) is 16.8 Å². The van der Waals surface area contributed by atoms with E-state index in [0.717, 1.165) is 40.0 Å². The summed E-state index contributed by atoms with van der Waals surface area (Å²) in [7, 11) is 0. The Morgan fingerprint density at radius 3 is 2.22 bits per heavy atom. The number of unbranched alkanes of at least 4 members (excludes halogenated alkanes) is 4. The van der Waals surface area contributed by atoms with E-state index in [1.165, 1.54) is 31.2 Å². The summed E-state index contributed by atoms with van der Waals surface area (Å²) in [5.74, 6) is -0.00728. The van der Waals surface area contributed by atoms with Crippen LogP contribution in [0.3, 0.4) is 0 Å². The zero-order chi connectivity index (χ0) is 36.1. The van der Waals surface area contributed by atoms with E-state index in [-0.39, 0.29) is 24.3 Å². The molecule has 0 radical (unpaired) electrons. The number of amides is 1. The quantitative estimate of drug-likeness (QED) is 0.0737. The van der Waals surface area contributed by atoms with Crippen LogP contribution in [0.5, 0.6) is 5.75 Å². The summed E-state index contributed by atoms with van der Waals surface area (Å²) < 4.78 is 5.89. The van der Waals surface area contributed by atoms with Gasteiger partial charge in [-0.15, -0.1) is 0 Å². The van der Waals surface area contributed by atoms with Gasteiger partial charge < -0.3 is 20.5 Å². The highest BCUT2D eigenvalue weighted by molar-refractivity contribution is 7.80. The zero-order valence-electron chi connectivity index (χ0n) is 29.3. The topological polar surface area (TPSA) is 113 Å². The van der Waals surface area contributed by atoms with E-state index >= 15 is 0 Å². The number of carboxylic acids is 1. The third-order valence-electron chi connectivity index (χ3n) is 8.35. The lowest BCUT2D eigenvalue weighted by Crippen LogP contribution is -2.48. The van der Waals surface area contributed by atoms with Gasteiger partial charge >= 0.3 is 5.97 Å². The molecule has 1 unspecified atom stereocenters. The number of carbonyl (C=O) groups is 2. The first kappa shape index (κ1) is 38.5. The molecule has 1 aromatic heterocycles. The van der Waals surface area contributed by atoms with Crippen LogP contribution in [0.2, 0.25) is 5.02 Å². The summed E-state index contributed by atoms with van der Waals surface area (Å²) in [6.07, 6.45) is 9.57. The van der Waals surface area contributed by atoms with Gasteiger partial charge in [-0.1, -0.05) is 126 Å². The predicted octanol–water partition coefficient (Wildman–Crippen LogP) is 8.58. The van der Waals surface area contributed by atoms with Crippen molar-refractivity contribution in [2.45, 2.75) is 84.1 Å². The molecule has 0 saturated carbocycles. The van der Waals surface area contributed by atoms with Crippen LogP contribution >= 0.6 is 23.8 Å². The lowest BCUT2D eigenvalue weighted by atomic mass is 9.87. The molecular formula is C40H47ClN4O4S. The van der Waals surface area contributed by atoms with E-state index in [9.17, 15) is 9.59 Å². The first-order chi connectivity index (χ1) is 23.9. The first-order valence-electron chi connectivity index (χ1n) is 17.2. The second kappa shape index (κ2) is 18.6. The molecule has 0 aliphatic heterocycles. The van der Waals surface area contributed by atoms with Crippen molar-refractivity contribution in [3.8, 4) is 28.3 Å². The molecule has 1 atom stereocenters. The third kappa shape index (κ3) is 11.6. The second-order valence-electron chi connectivity index (χ2n) is 13.4. The number of carboxylic acid groups (broad SMARTS) is 1. The molecule has 264 valence electrons. The molecule has 8 nitrogen and oxygen atoms in total. The Balaban J connectivity index is 1.41. The summed E-state index contributed by atoms with van der Waals surface area (Å²) in [5, 5.41) is 15.5. The van der Waals surface area contributed by atoms with Crippen molar-refractivity contribution in [3.63, 3.8) is 0 Å². The highest BCUT2D eigenvalue weighted by Gasteiger charge is 2.21. The van der Waals surface area contributed by atoms with Gasteiger partial charge in [0.05, 0.1) is 18.1 Å².